The SMILES string of the molecule is C[C@](O)(c1ccc(N2CCN(S(=O)(=O)C3=CC=CCC3=S)C[C@@H]2CN2C3COCC2CC(=O)C3)cc1)C(F)(F)F. The third-order valence-corrected chi connectivity index (χ3v) is 10.7. The van der Waals surface area contributed by atoms with Crippen LogP contribution in [0.1, 0.15) is 31.7 Å². The molecule has 5 rings (SSSR count). The maximum atomic E-state index is 13.6. The molecule has 0 radical (unpaired) electrons. The maximum Gasteiger partial charge on any atom is 0.421 e. The lowest BCUT2D eigenvalue weighted by atomic mass is 9.92. The third-order valence-electron chi connectivity index (χ3n) is 8.24. The number of nitrogens with zero attached hydrogens (tertiary/aromatic N) is 3. The Bertz CT molecular complexity index is 1310. The van der Waals surface area contributed by atoms with Crippen molar-refractivity contribution >= 4 is 38.6 Å². The van der Waals surface area contributed by atoms with Gasteiger partial charge in [0.05, 0.1) is 24.2 Å². The zero-order chi connectivity index (χ0) is 28.9. The van der Waals surface area contributed by atoms with E-state index in [0.29, 0.717) is 63.0 Å². The number of piperazine rings is 1. The second kappa shape index (κ2) is 10.9. The molecule has 3 heterocycles. The first-order chi connectivity index (χ1) is 18.8. The van der Waals surface area contributed by atoms with E-state index in [1.54, 1.807) is 12.2 Å². The molecule has 1 aliphatic carbocycles. The van der Waals surface area contributed by atoms with Crippen LogP contribution in [0.5, 0.6) is 0 Å². The second-order valence-corrected chi connectivity index (χ2v) is 13.3. The van der Waals surface area contributed by atoms with Gasteiger partial charge < -0.3 is 14.7 Å². The lowest BCUT2D eigenvalue weighted by molar-refractivity contribution is -0.258. The van der Waals surface area contributed by atoms with E-state index < -0.39 is 21.8 Å². The number of benzene rings is 1. The number of piperidine rings is 1. The summed E-state index contributed by atoms with van der Waals surface area (Å²) in [5.74, 6) is 0.178. The van der Waals surface area contributed by atoms with Crippen molar-refractivity contribution in [3.8, 4) is 0 Å². The lowest BCUT2D eigenvalue weighted by Gasteiger charge is -2.50. The predicted octanol–water partition coefficient (Wildman–Crippen LogP) is 2.92. The van der Waals surface area contributed by atoms with Crippen LogP contribution >= 0.6 is 12.2 Å². The van der Waals surface area contributed by atoms with E-state index in [0.717, 1.165) is 0 Å². The lowest BCUT2D eigenvalue weighted by Crippen LogP contribution is -2.64. The molecule has 4 atom stereocenters. The number of fused-ring (bicyclic) bond motifs is 2. The molecular weight excluding hydrogens is 567 g/mol. The minimum atomic E-state index is -4.84. The molecule has 40 heavy (non-hydrogen) atoms. The minimum absolute atomic E-state index is 0.114. The van der Waals surface area contributed by atoms with Crippen molar-refractivity contribution in [2.24, 2.45) is 0 Å². The molecule has 3 saturated heterocycles. The quantitative estimate of drug-likeness (QED) is 0.500. The Labute approximate surface area is 237 Å². The first kappa shape index (κ1) is 29.3. The van der Waals surface area contributed by atoms with E-state index in [1.165, 1.54) is 34.6 Å². The molecular formula is C27H32F3N3O5S2. The van der Waals surface area contributed by atoms with Gasteiger partial charge in [0, 0.05) is 68.1 Å². The van der Waals surface area contributed by atoms with Crippen molar-refractivity contribution in [3.05, 3.63) is 53.0 Å². The van der Waals surface area contributed by atoms with E-state index in [-0.39, 0.29) is 47.5 Å². The summed E-state index contributed by atoms with van der Waals surface area (Å²) in [5, 5.41) is 10.1. The van der Waals surface area contributed by atoms with E-state index in [1.807, 2.05) is 4.90 Å². The largest absolute Gasteiger partial charge is 0.421 e. The van der Waals surface area contributed by atoms with Crippen LogP contribution in [0.2, 0.25) is 0 Å². The van der Waals surface area contributed by atoms with Gasteiger partial charge in [-0.1, -0.05) is 36.5 Å². The predicted molar refractivity (Wildman–Crippen MR) is 147 cm³/mol. The van der Waals surface area contributed by atoms with Crippen molar-refractivity contribution in [3.63, 3.8) is 0 Å². The zero-order valence-corrected chi connectivity index (χ0v) is 23.6. The Morgan fingerprint density at radius 1 is 1.10 bits per heavy atom. The van der Waals surface area contributed by atoms with Crippen molar-refractivity contribution < 1.29 is 36.2 Å². The number of anilines is 1. The monoisotopic (exact) mass is 599 g/mol. The molecule has 13 heteroatoms. The Kier molecular flexibility index (Phi) is 8.01. The van der Waals surface area contributed by atoms with Gasteiger partial charge in [0.1, 0.15) is 5.78 Å². The smallest absolute Gasteiger partial charge is 0.378 e. The normalized spacial score (nSPS) is 28.4. The molecule has 2 unspecified atom stereocenters. The molecule has 8 nitrogen and oxygen atoms in total. The molecule has 0 amide bonds. The van der Waals surface area contributed by atoms with Gasteiger partial charge >= 0.3 is 6.18 Å². The number of aliphatic hydroxyl groups is 1. The van der Waals surface area contributed by atoms with E-state index >= 15 is 0 Å². The molecule has 0 aromatic heterocycles. The van der Waals surface area contributed by atoms with Crippen LogP contribution in [-0.4, -0.2) is 97.1 Å². The Balaban J connectivity index is 1.44. The maximum absolute atomic E-state index is 13.6. The number of alkyl halides is 3. The molecule has 218 valence electrons. The third kappa shape index (κ3) is 5.51. The average Bonchev–Trinajstić information content (AvgIpc) is 2.89. The number of allylic oxidation sites excluding steroid dienone is 4. The van der Waals surface area contributed by atoms with E-state index in [9.17, 15) is 31.5 Å². The number of rotatable bonds is 6. The highest BCUT2D eigenvalue weighted by Gasteiger charge is 2.51. The summed E-state index contributed by atoms with van der Waals surface area (Å²) in [7, 11) is -3.86. The molecule has 1 aromatic carbocycles. The van der Waals surface area contributed by atoms with Crippen molar-refractivity contribution in [1.29, 1.82) is 0 Å². The number of ketones is 1. The fourth-order valence-electron chi connectivity index (χ4n) is 5.91. The van der Waals surface area contributed by atoms with Gasteiger partial charge in [-0.2, -0.15) is 17.5 Å². The van der Waals surface area contributed by atoms with Crippen LogP contribution in [0.25, 0.3) is 0 Å². The number of halogens is 3. The van der Waals surface area contributed by atoms with Gasteiger partial charge in [-0.25, -0.2) is 8.42 Å². The molecule has 1 N–H and O–H groups in total. The summed E-state index contributed by atoms with van der Waals surface area (Å²) in [6, 6.07) is 4.97. The van der Waals surface area contributed by atoms with Gasteiger partial charge in [-0.15, -0.1) is 0 Å². The molecule has 0 saturated carbocycles. The fraction of sp³-hybridized carbons (Fsp3) is 0.556. The van der Waals surface area contributed by atoms with Crippen LogP contribution in [0, 0.1) is 0 Å². The van der Waals surface area contributed by atoms with E-state index in [2.05, 4.69) is 4.90 Å². The van der Waals surface area contributed by atoms with Crippen molar-refractivity contribution in [2.45, 2.75) is 56.1 Å². The number of thiocarbonyl (C=S) groups is 1. The van der Waals surface area contributed by atoms with Crippen LogP contribution in [-0.2, 0) is 25.2 Å². The molecule has 1 aromatic rings. The van der Waals surface area contributed by atoms with E-state index in [4.69, 9.17) is 17.0 Å². The molecule has 3 fully saturated rings. The summed E-state index contributed by atoms with van der Waals surface area (Å²) in [6.45, 7) is 2.58. The van der Waals surface area contributed by atoms with Crippen LogP contribution in [0.15, 0.2) is 47.4 Å². The first-order valence-electron chi connectivity index (χ1n) is 13.2. The van der Waals surface area contributed by atoms with Crippen LogP contribution in [0.3, 0.4) is 0 Å². The molecule has 2 bridgehead atoms. The number of sulfonamides is 1. The average molecular weight is 600 g/mol. The van der Waals surface area contributed by atoms with Crippen LogP contribution < -0.4 is 4.90 Å². The van der Waals surface area contributed by atoms with Crippen molar-refractivity contribution in [1.82, 2.24) is 9.21 Å². The van der Waals surface area contributed by atoms with Gasteiger partial charge in [-0.3, -0.25) is 9.69 Å². The summed E-state index contributed by atoms with van der Waals surface area (Å²) in [6.07, 6.45) is 1.26. The molecule has 3 aliphatic heterocycles. The minimum Gasteiger partial charge on any atom is -0.378 e. The number of carbonyl (C=O) groups is 1. The Morgan fingerprint density at radius 2 is 1.75 bits per heavy atom. The number of Topliss-reactive ketones (excluding diaryl/α,β-unsaturated/α-hetero) is 1. The first-order valence-corrected chi connectivity index (χ1v) is 15.1. The summed E-state index contributed by atoms with van der Waals surface area (Å²) >= 11 is 5.35. The summed E-state index contributed by atoms with van der Waals surface area (Å²) in [4.78, 5) is 17.0. The van der Waals surface area contributed by atoms with Gasteiger partial charge in [0.2, 0.25) is 10.0 Å². The Morgan fingerprint density at radius 3 is 2.35 bits per heavy atom. The highest BCUT2D eigenvalue weighted by atomic mass is 32.2. The summed E-state index contributed by atoms with van der Waals surface area (Å²) in [5.41, 5.74) is -2.67. The second-order valence-electron chi connectivity index (χ2n) is 10.9. The highest BCUT2D eigenvalue weighted by molar-refractivity contribution is 7.96. The Hall–Kier alpha value is -2.16. The topological polar surface area (TPSA) is 90.4 Å². The van der Waals surface area contributed by atoms with Gasteiger partial charge in [0.25, 0.3) is 0 Å². The number of carbonyl (C=O) groups excluding carboxylic acids is 1. The standard InChI is InChI=1S/C27H32F3N3O5S2/c1-26(35,27(28,29)30)18-6-8-19(9-7-18)32-11-10-31(40(36,37)25-5-3-2-4-24(25)39)14-22(32)15-33-20-12-23(34)13-21(33)17-38-16-20/h2-3,5-9,20-22,35H,4,10-17H2,1H3/t20?,21?,22-,26+/m1/s1. The number of hydrogen-bond donors (Lipinski definition) is 1. The number of morpholine rings is 1. The van der Waals surface area contributed by atoms with Crippen molar-refractivity contribution in [2.75, 3.05) is 44.3 Å². The summed E-state index contributed by atoms with van der Waals surface area (Å²) < 4.78 is 74.6. The fourth-order valence-corrected chi connectivity index (χ4v) is 7.98. The van der Waals surface area contributed by atoms with Gasteiger partial charge in [-0.05, 0) is 30.7 Å². The molecule has 4 aliphatic rings. The zero-order valence-electron chi connectivity index (χ0n) is 22.0. The van der Waals surface area contributed by atoms with Crippen LogP contribution in [0.4, 0.5) is 18.9 Å². The van der Waals surface area contributed by atoms with Gasteiger partial charge in [0.15, 0.2) is 5.60 Å². The molecule has 0 spiro atoms. The number of hydrogen-bond acceptors (Lipinski definition) is 8. The number of ether oxygens (including phenoxy) is 1. The highest BCUT2D eigenvalue weighted by Crippen LogP contribution is 2.39.